The van der Waals surface area contributed by atoms with E-state index in [2.05, 4.69) is 0 Å². The van der Waals surface area contributed by atoms with Gasteiger partial charge in [0.25, 0.3) is 0 Å². The first-order valence-electron chi connectivity index (χ1n) is 7.29. The highest BCUT2D eigenvalue weighted by Crippen LogP contribution is 2.29. The standard InChI is InChI=1S/C15H22N2O3S/c1-2-17(11-13-3-4-13)15(18)10-7-12-5-8-14(9-6-12)21(16,19)20/h5-6,8-9,13H,2-4,7,10-11H2,1H3,(H2,16,19,20). The molecule has 1 aliphatic carbocycles. The number of primary sulfonamides is 1. The highest BCUT2D eigenvalue weighted by molar-refractivity contribution is 7.89. The van der Waals surface area contributed by atoms with Gasteiger partial charge in [0.1, 0.15) is 0 Å². The molecule has 1 aromatic carbocycles. The number of rotatable bonds is 7. The van der Waals surface area contributed by atoms with E-state index in [-0.39, 0.29) is 10.8 Å². The summed E-state index contributed by atoms with van der Waals surface area (Å²) in [4.78, 5) is 14.2. The van der Waals surface area contributed by atoms with Crippen molar-refractivity contribution in [2.75, 3.05) is 13.1 Å². The lowest BCUT2D eigenvalue weighted by molar-refractivity contribution is -0.131. The Morgan fingerprint density at radius 1 is 1.29 bits per heavy atom. The Morgan fingerprint density at radius 3 is 2.38 bits per heavy atom. The van der Waals surface area contributed by atoms with Gasteiger partial charge >= 0.3 is 0 Å². The number of hydrogen-bond donors (Lipinski definition) is 1. The molecule has 0 heterocycles. The molecule has 0 spiro atoms. The van der Waals surface area contributed by atoms with Crippen LogP contribution in [0.15, 0.2) is 29.2 Å². The molecule has 0 atom stereocenters. The number of aryl methyl sites for hydroxylation is 1. The molecule has 1 fully saturated rings. The van der Waals surface area contributed by atoms with Gasteiger partial charge in [-0.15, -0.1) is 0 Å². The van der Waals surface area contributed by atoms with Gasteiger partial charge in [-0.1, -0.05) is 12.1 Å². The number of benzene rings is 1. The molecule has 6 heteroatoms. The van der Waals surface area contributed by atoms with E-state index in [1.54, 1.807) is 12.1 Å². The SMILES string of the molecule is CCN(CC1CC1)C(=O)CCc1ccc(S(N)(=O)=O)cc1. The fourth-order valence-electron chi connectivity index (χ4n) is 2.27. The van der Waals surface area contributed by atoms with Crippen LogP contribution in [0.4, 0.5) is 0 Å². The summed E-state index contributed by atoms with van der Waals surface area (Å²) in [7, 11) is -3.65. The number of carbonyl (C=O) groups excluding carboxylic acids is 1. The van der Waals surface area contributed by atoms with Crippen LogP contribution < -0.4 is 5.14 Å². The predicted octanol–water partition coefficient (Wildman–Crippen LogP) is 1.53. The highest BCUT2D eigenvalue weighted by atomic mass is 32.2. The molecule has 2 N–H and O–H groups in total. The Hall–Kier alpha value is -1.40. The van der Waals surface area contributed by atoms with Gasteiger partial charge in [-0.3, -0.25) is 4.79 Å². The normalized spacial score (nSPS) is 15.0. The monoisotopic (exact) mass is 310 g/mol. The third-order valence-corrected chi connectivity index (χ3v) is 4.72. The Balaban J connectivity index is 1.88. The van der Waals surface area contributed by atoms with Gasteiger partial charge in [0, 0.05) is 19.5 Å². The van der Waals surface area contributed by atoms with Gasteiger partial charge in [0.15, 0.2) is 0 Å². The fourth-order valence-corrected chi connectivity index (χ4v) is 2.79. The molecule has 0 radical (unpaired) electrons. The average molecular weight is 310 g/mol. The van der Waals surface area contributed by atoms with E-state index in [0.717, 1.165) is 18.7 Å². The first-order valence-corrected chi connectivity index (χ1v) is 8.84. The number of amides is 1. The second-order valence-corrected chi connectivity index (χ2v) is 7.13. The number of nitrogens with two attached hydrogens (primary N) is 1. The van der Waals surface area contributed by atoms with Gasteiger partial charge < -0.3 is 4.90 Å². The Kier molecular flexibility index (Phi) is 5.00. The van der Waals surface area contributed by atoms with E-state index >= 15 is 0 Å². The van der Waals surface area contributed by atoms with E-state index in [1.807, 2.05) is 11.8 Å². The predicted molar refractivity (Wildman–Crippen MR) is 81.1 cm³/mol. The molecule has 1 aliphatic rings. The summed E-state index contributed by atoms with van der Waals surface area (Å²) in [6.45, 7) is 3.63. The molecule has 21 heavy (non-hydrogen) atoms. The van der Waals surface area contributed by atoms with Gasteiger partial charge in [-0.2, -0.15) is 0 Å². The average Bonchev–Trinajstić information content (AvgIpc) is 3.25. The summed E-state index contributed by atoms with van der Waals surface area (Å²) in [6.07, 6.45) is 3.54. The van der Waals surface area contributed by atoms with Crippen LogP contribution in [0, 0.1) is 5.92 Å². The van der Waals surface area contributed by atoms with Crippen LogP contribution in [0.2, 0.25) is 0 Å². The molecular formula is C15H22N2O3S. The molecule has 0 saturated heterocycles. The summed E-state index contributed by atoms with van der Waals surface area (Å²) >= 11 is 0. The van der Waals surface area contributed by atoms with Crippen LogP contribution in [-0.2, 0) is 21.2 Å². The Morgan fingerprint density at radius 2 is 1.90 bits per heavy atom. The minimum absolute atomic E-state index is 0.0986. The lowest BCUT2D eigenvalue weighted by Crippen LogP contribution is -2.32. The zero-order chi connectivity index (χ0) is 15.5. The number of hydrogen-bond acceptors (Lipinski definition) is 3. The van der Waals surface area contributed by atoms with Crippen molar-refractivity contribution in [2.45, 2.75) is 37.5 Å². The molecule has 0 aromatic heterocycles. The second kappa shape index (κ2) is 6.58. The van der Waals surface area contributed by atoms with Gasteiger partial charge in [0.2, 0.25) is 15.9 Å². The van der Waals surface area contributed by atoms with Crippen molar-refractivity contribution in [2.24, 2.45) is 11.1 Å². The van der Waals surface area contributed by atoms with E-state index in [9.17, 15) is 13.2 Å². The smallest absolute Gasteiger partial charge is 0.238 e. The first-order chi connectivity index (χ1) is 9.90. The van der Waals surface area contributed by atoms with Crippen LogP contribution in [0.3, 0.4) is 0 Å². The van der Waals surface area contributed by atoms with Crippen molar-refractivity contribution in [3.05, 3.63) is 29.8 Å². The summed E-state index contributed by atoms with van der Waals surface area (Å²) in [5, 5.41) is 5.05. The van der Waals surface area contributed by atoms with Crippen LogP contribution >= 0.6 is 0 Å². The molecule has 0 bridgehead atoms. The number of nitrogens with zero attached hydrogens (tertiary/aromatic N) is 1. The van der Waals surface area contributed by atoms with Gasteiger partial charge in [0.05, 0.1) is 4.90 Å². The number of sulfonamides is 1. The zero-order valence-electron chi connectivity index (χ0n) is 12.3. The third-order valence-electron chi connectivity index (χ3n) is 3.79. The van der Waals surface area contributed by atoms with Crippen LogP contribution in [0.1, 0.15) is 31.7 Å². The molecule has 116 valence electrons. The summed E-state index contributed by atoms with van der Waals surface area (Å²) in [6, 6.07) is 6.39. The highest BCUT2D eigenvalue weighted by Gasteiger charge is 2.25. The Bertz CT molecular complexity index is 592. The summed E-state index contributed by atoms with van der Waals surface area (Å²) < 4.78 is 22.3. The molecule has 2 rings (SSSR count). The van der Waals surface area contributed by atoms with Crippen molar-refractivity contribution < 1.29 is 13.2 Å². The van der Waals surface area contributed by atoms with Crippen molar-refractivity contribution in [1.82, 2.24) is 4.90 Å². The maximum atomic E-state index is 12.1. The van der Waals surface area contributed by atoms with Crippen molar-refractivity contribution in [1.29, 1.82) is 0 Å². The van der Waals surface area contributed by atoms with E-state index in [4.69, 9.17) is 5.14 Å². The maximum absolute atomic E-state index is 12.1. The summed E-state index contributed by atoms with van der Waals surface area (Å²) in [5.74, 6) is 0.864. The molecule has 0 unspecified atom stereocenters. The third kappa shape index (κ3) is 4.82. The van der Waals surface area contributed by atoms with E-state index in [0.29, 0.717) is 18.8 Å². The van der Waals surface area contributed by atoms with E-state index in [1.165, 1.54) is 25.0 Å². The lowest BCUT2D eigenvalue weighted by Gasteiger charge is -2.20. The summed E-state index contributed by atoms with van der Waals surface area (Å²) in [5.41, 5.74) is 0.943. The van der Waals surface area contributed by atoms with Gasteiger partial charge in [-0.25, -0.2) is 13.6 Å². The number of carbonyl (C=O) groups is 1. The lowest BCUT2D eigenvalue weighted by atomic mass is 10.1. The van der Waals surface area contributed by atoms with Crippen LogP contribution in [-0.4, -0.2) is 32.3 Å². The van der Waals surface area contributed by atoms with Crippen LogP contribution in [0.25, 0.3) is 0 Å². The quantitative estimate of drug-likeness (QED) is 0.829. The molecule has 1 saturated carbocycles. The van der Waals surface area contributed by atoms with Crippen molar-refractivity contribution in [3.63, 3.8) is 0 Å². The van der Waals surface area contributed by atoms with Crippen LogP contribution in [0.5, 0.6) is 0 Å². The zero-order valence-corrected chi connectivity index (χ0v) is 13.1. The molecule has 5 nitrogen and oxygen atoms in total. The molecular weight excluding hydrogens is 288 g/mol. The minimum Gasteiger partial charge on any atom is -0.343 e. The van der Waals surface area contributed by atoms with Gasteiger partial charge in [-0.05, 0) is 49.8 Å². The maximum Gasteiger partial charge on any atom is 0.238 e. The van der Waals surface area contributed by atoms with Crippen molar-refractivity contribution >= 4 is 15.9 Å². The van der Waals surface area contributed by atoms with Crippen molar-refractivity contribution in [3.8, 4) is 0 Å². The molecule has 1 amide bonds. The Labute approximate surface area is 126 Å². The first kappa shape index (κ1) is 16.0. The fraction of sp³-hybridized carbons (Fsp3) is 0.533. The molecule has 0 aliphatic heterocycles. The minimum atomic E-state index is -3.65. The second-order valence-electron chi connectivity index (χ2n) is 5.56. The van der Waals surface area contributed by atoms with E-state index < -0.39 is 10.0 Å². The topological polar surface area (TPSA) is 80.5 Å². The molecule has 1 aromatic rings. The largest absolute Gasteiger partial charge is 0.343 e.